The van der Waals surface area contributed by atoms with E-state index in [1.54, 1.807) is 6.20 Å². The van der Waals surface area contributed by atoms with Crippen molar-refractivity contribution in [2.75, 3.05) is 13.1 Å². The molecule has 3 aromatic rings. The molecule has 146 valence electrons. The topological polar surface area (TPSA) is 58.4 Å². The van der Waals surface area contributed by atoms with Crippen molar-refractivity contribution >= 4 is 29.3 Å². The Morgan fingerprint density at radius 2 is 2.00 bits per heavy atom. The van der Waals surface area contributed by atoms with Gasteiger partial charge < -0.3 is 9.73 Å². The van der Waals surface area contributed by atoms with Gasteiger partial charge in [0.15, 0.2) is 5.76 Å². The monoisotopic (exact) mass is 397 g/mol. The Labute approximate surface area is 170 Å². The summed E-state index contributed by atoms with van der Waals surface area (Å²) in [5.41, 5.74) is 1.97. The number of rotatable bonds is 4. The van der Waals surface area contributed by atoms with Crippen molar-refractivity contribution in [2.45, 2.75) is 31.3 Å². The number of hydrogen-bond donors (Lipinski definition) is 1. The van der Waals surface area contributed by atoms with Gasteiger partial charge in [0.25, 0.3) is 5.91 Å². The first-order valence-electron chi connectivity index (χ1n) is 9.70. The molecule has 3 saturated heterocycles. The lowest BCUT2D eigenvalue weighted by Crippen LogP contribution is -2.64. The maximum atomic E-state index is 12.9. The maximum Gasteiger partial charge on any atom is 0.287 e. The number of aromatic nitrogens is 1. The minimum Gasteiger partial charge on any atom is -0.451 e. The fourth-order valence-corrected chi connectivity index (χ4v) is 4.70. The highest BCUT2D eigenvalue weighted by molar-refractivity contribution is 5.96. The number of carbonyl (C=O) groups is 1. The molecule has 2 atom stereocenters. The Kier molecular flexibility index (Phi) is 5.38. The summed E-state index contributed by atoms with van der Waals surface area (Å²) < 4.78 is 5.77. The smallest absolute Gasteiger partial charge is 0.287 e. The number of benzene rings is 1. The quantitative estimate of drug-likeness (QED) is 0.729. The SMILES string of the molecule is Cl.O=C(NC1C2CCN(CC2)C1Cc1cccnc1)c1cc2ccccc2o1. The molecule has 3 aliphatic rings. The average molecular weight is 398 g/mol. The molecule has 2 unspecified atom stereocenters. The zero-order chi connectivity index (χ0) is 18.2. The van der Waals surface area contributed by atoms with Crippen LogP contribution in [0.5, 0.6) is 0 Å². The number of carbonyl (C=O) groups excluding carboxylic acids is 1. The van der Waals surface area contributed by atoms with Crippen LogP contribution in [0.4, 0.5) is 0 Å². The van der Waals surface area contributed by atoms with Gasteiger partial charge in [-0.1, -0.05) is 24.3 Å². The first-order chi connectivity index (χ1) is 13.3. The number of hydrogen-bond acceptors (Lipinski definition) is 4. The fraction of sp³-hybridized carbons (Fsp3) is 0.364. The lowest BCUT2D eigenvalue weighted by atomic mass is 9.76. The van der Waals surface area contributed by atoms with Crippen molar-refractivity contribution < 1.29 is 9.21 Å². The van der Waals surface area contributed by atoms with Gasteiger partial charge in [0, 0.05) is 29.9 Å². The number of halogens is 1. The van der Waals surface area contributed by atoms with Gasteiger partial charge in [-0.05, 0) is 62.0 Å². The number of amides is 1. The van der Waals surface area contributed by atoms with Crippen LogP contribution in [0.1, 0.15) is 29.0 Å². The van der Waals surface area contributed by atoms with Crippen LogP contribution in [-0.2, 0) is 6.42 Å². The van der Waals surface area contributed by atoms with Crippen LogP contribution in [0.15, 0.2) is 59.3 Å². The third-order valence-electron chi connectivity index (χ3n) is 6.08. The van der Waals surface area contributed by atoms with Gasteiger partial charge in [0.05, 0.1) is 0 Å². The Morgan fingerprint density at radius 3 is 2.75 bits per heavy atom. The van der Waals surface area contributed by atoms with E-state index in [1.165, 1.54) is 5.56 Å². The summed E-state index contributed by atoms with van der Waals surface area (Å²) >= 11 is 0. The van der Waals surface area contributed by atoms with Crippen LogP contribution >= 0.6 is 12.4 Å². The molecule has 5 nitrogen and oxygen atoms in total. The summed E-state index contributed by atoms with van der Waals surface area (Å²) in [7, 11) is 0. The van der Waals surface area contributed by atoms with E-state index in [9.17, 15) is 4.79 Å². The third kappa shape index (κ3) is 3.52. The lowest BCUT2D eigenvalue weighted by molar-refractivity contribution is 0.0131. The predicted molar refractivity (Wildman–Crippen MR) is 111 cm³/mol. The standard InChI is InChI=1S/C22H23N3O2.ClH/c26-22(20-13-17-5-1-2-6-19(17)27-20)24-21-16-7-10-25(11-8-16)18(21)12-15-4-3-9-23-14-15;/h1-6,9,13-14,16,18,21H,7-8,10-12H2,(H,24,26);1H. The summed E-state index contributed by atoms with van der Waals surface area (Å²) in [6.45, 7) is 2.24. The summed E-state index contributed by atoms with van der Waals surface area (Å²) in [6, 6.07) is 14.1. The molecule has 6 heteroatoms. The van der Waals surface area contributed by atoms with E-state index in [0.29, 0.717) is 17.7 Å². The van der Waals surface area contributed by atoms with Crippen LogP contribution in [0.25, 0.3) is 11.0 Å². The number of para-hydroxylation sites is 1. The highest BCUT2D eigenvalue weighted by Gasteiger charge is 2.43. The number of piperidine rings is 3. The summed E-state index contributed by atoms with van der Waals surface area (Å²) in [4.78, 5) is 19.7. The summed E-state index contributed by atoms with van der Waals surface area (Å²) in [6.07, 6.45) is 6.94. The molecule has 0 radical (unpaired) electrons. The van der Waals surface area contributed by atoms with E-state index < -0.39 is 0 Å². The number of nitrogens with one attached hydrogen (secondary N) is 1. The molecule has 0 saturated carbocycles. The van der Waals surface area contributed by atoms with Crippen LogP contribution < -0.4 is 5.32 Å². The van der Waals surface area contributed by atoms with E-state index in [-0.39, 0.29) is 24.4 Å². The molecule has 1 amide bonds. The molecule has 3 aliphatic heterocycles. The van der Waals surface area contributed by atoms with Gasteiger partial charge in [0.2, 0.25) is 0 Å². The molecule has 28 heavy (non-hydrogen) atoms. The predicted octanol–water partition coefficient (Wildman–Crippen LogP) is 3.68. The van der Waals surface area contributed by atoms with Gasteiger partial charge in [-0.2, -0.15) is 0 Å². The fourth-order valence-electron chi connectivity index (χ4n) is 4.70. The first-order valence-corrected chi connectivity index (χ1v) is 9.70. The normalized spacial score (nSPS) is 26.0. The number of pyridine rings is 1. The van der Waals surface area contributed by atoms with Gasteiger partial charge in [-0.25, -0.2) is 0 Å². The molecule has 2 bridgehead atoms. The Hall–Kier alpha value is -2.37. The first kappa shape index (κ1) is 19.0. The van der Waals surface area contributed by atoms with Gasteiger partial charge in [-0.15, -0.1) is 12.4 Å². The van der Waals surface area contributed by atoms with Crippen LogP contribution in [0.3, 0.4) is 0 Å². The second kappa shape index (κ2) is 7.94. The maximum absolute atomic E-state index is 12.9. The van der Waals surface area contributed by atoms with E-state index in [4.69, 9.17) is 4.42 Å². The minimum atomic E-state index is -0.110. The molecule has 0 spiro atoms. The zero-order valence-electron chi connectivity index (χ0n) is 15.6. The highest BCUT2D eigenvalue weighted by Crippen LogP contribution is 2.34. The minimum absolute atomic E-state index is 0. The van der Waals surface area contributed by atoms with Crippen LogP contribution in [0.2, 0.25) is 0 Å². The number of furan rings is 1. The van der Waals surface area contributed by atoms with Crippen molar-refractivity contribution in [1.29, 1.82) is 0 Å². The molecule has 3 fully saturated rings. The molecule has 0 aliphatic carbocycles. The van der Waals surface area contributed by atoms with Gasteiger partial charge in [0.1, 0.15) is 5.58 Å². The Morgan fingerprint density at radius 1 is 1.18 bits per heavy atom. The summed E-state index contributed by atoms with van der Waals surface area (Å²) in [5, 5.41) is 4.26. The second-order valence-corrected chi connectivity index (χ2v) is 7.65. The van der Waals surface area contributed by atoms with Crippen molar-refractivity contribution in [2.24, 2.45) is 5.92 Å². The molecule has 2 aromatic heterocycles. The zero-order valence-corrected chi connectivity index (χ0v) is 16.4. The van der Waals surface area contributed by atoms with Crippen molar-refractivity contribution in [3.05, 3.63) is 66.2 Å². The molecular weight excluding hydrogens is 374 g/mol. The summed E-state index contributed by atoms with van der Waals surface area (Å²) in [5.74, 6) is 0.818. The molecule has 5 heterocycles. The van der Waals surface area contributed by atoms with E-state index in [0.717, 1.165) is 43.3 Å². The van der Waals surface area contributed by atoms with Crippen LogP contribution in [-0.4, -0.2) is 41.0 Å². The molecule has 6 rings (SSSR count). The van der Waals surface area contributed by atoms with Gasteiger partial charge in [-0.3, -0.25) is 14.7 Å². The van der Waals surface area contributed by atoms with Crippen molar-refractivity contribution in [3.8, 4) is 0 Å². The average Bonchev–Trinajstić information content (AvgIpc) is 3.16. The number of fused-ring (bicyclic) bond motifs is 4. The lowest BCUT2D eigenvalue weighted by Gasteiger charge is -2.51. The number of nitrogens with zero attached hydrogens (tertiary/aromatic N) is 2. The van der Waals surface area contributed by atoms with Gasteiger partial charge >= 0.3 is 0 Å². The van der Waals surface area contributed by atoms with Crippen molar-refractivity contribution in [1.82, 2.24) is 15.2 Å². The second-order valence-electron chi connectivity index (χ2n) is 7.65. The van der Waals surface area contributed by atoms with E-state index >= 15 is 0 Å². The Balaban J connectivity index is 0.00000192. The van der Waals surface area contributed by atoms with Crippen LogP contribution in [0, 0.1) is 5.92 Å². The molecule has 1 aromatic carbocycles. The van der Waals surface area contributed by atoms with E-state index in [2.05, 4.69) is 21.3 Å². The third-order valence-corrected chi connectivity index (χ3v) is 6.08. The molecular formula is C22H24ClN3O2. The Bertz CT molecular complexity index is 918. The largest absolute Gasteiger partial charge is 0.451 e. The van der Waals surface area contributed by atoms with Crippen molar-refractivity contribution in [3.63, 3.8) is 0 Å². The molecule has 1 N–H and O–H groups in total. The highest BCUT2D eigenvalue weighted by atomic mass is 35.5. The van der Waals surface area contributed by atoms with E-state index in [1.807, 2.05) is 42.6 Å².